The average Bonchev–Trinajstić information content (AvgIpc) is 3.32. The molecule has 3 aromatic rings. The Labute approximate surface area is 160 Å². The quantitative estimate of drug-likeness (QED) is 0.753. The Balaban J connectivity index is 1.42. The maximum atomic E-state index is 12.6. The van der Waals surface area contributed by atoms with Gasteiger partial charge in [0.25, 0.3) is 0 Å². The van der Waals surface area contributed by atoms with Crippen molar-refractivity contribution < 1.29 is 9.59 Å². The molecule has 0 spiro atoms. The van der Waals surface area contributed by atoms with Crippen LogP contribution in [0.5, 0.6) is 0 Å². The van der Waals surface area contributed by atoms with E-state index < -0.39 is 5.92 Å². The van der Waals surface area contributed by atoms with Gasteiger partial charge >= 0.3 is 0 Å². The standard InChI is InChI=1S/C19H16ClN5O2/c20-14-2-1-3-16(9-14)25-11-13(8-18(25)26)19(27)23-15-4-5-17(22-10-15)24-7-6-21-12-24/h1-7,9-10,12-13H,8,11H2,(H,23,27). The Morgan fingerprint density at radius 1 is 1.26 bits per heavy atom. The van der Waals surface area contributed by atoms with Gasteiger partial charge in [0.2, 0.25) is 11.8 Å². The van der Waals surface area contributed by atoms with E-state index >= 15 is 0 Å². The zero-order valence-corrected chi connectivity index (χ0v) is 15.0. The van der Waals surface area contributed by atoms with Crippen LogP contribution >= 0.6 is 11.6 Å². The predicted octanol–water partition coefficient (Wildman–Crippen LogP) is 2.91. The molecule has 2 amide bonds. The zero-order valence-electron chi connectivity index (χ0n) is 14.2. The maximum absolute atomic E-state index is 12.6. The van der Waals surface area contributed by atoms with Crippen molar-refractivity contribution in [2.45, 2.75) is 6.42 Å². The Kier molecular flexibility index (Phi) is 4.60. The summed E-state index contributed by atoms with van der Waals surface area (Å²) in [5, 5.41) is 3.38. The minimum atomic E-state index is -0.426. The van der Waals surface area contributed by atoms with E-state index in [0.717, 1.165) is 0 Å². The molecule has 0 bridgehead atoms. The number of anilines is 2. The highest BCUT2D eigenvalue weighted by Crippen LogP contribution is 2.27. The number of imidazole rings is 1. The van der Waals surface area contributed by atoms with Crippen LogP contribution in [0, 0.1) is 5.92 Å². The molecular weight excluding hydrogens is 366 g/mol. The fourth-order valence-electron chi connectivity index (χ4n) is 3.03. The lowest BCUT2D eigenvalue weighted by molar-refractivity contribution is -0.122. The van der Waals surface area contributed by atoms with Crippen molar-refractivity contribution in [3.05, 3.63) is 66.3 Å². The third-order valence-electron chi connectivity index (χ3n) is 4.40. The molecule has 0 radical (unpaired) electrons. The van der Waals surface area contributed by atoms with Gasteiger partial charge in [-0.05, 0) is 30.3 Å². The van der Waals surface area contributed by atoms with Gasteiger partial charge in [0.1, 0.15) is 12.1 Å². The zero-order chi connectivity index (χ0) is 18.8. The fraction of sp³-hybridized carbons (Fsp3) is 0.158. The predicted molar refractivity (Wildman–Crippen MR) is 102 cm³/mol. The molecule has 0 saturated carbocycles. The summed E-state index contributed by atoms with van der Waals surface area (Å²) in [6.07, 6.45) is 6.85. The molecule has 1 aromatic carbocycles. The van der Waals surface area contributed by atoms with Crippen molar-refractivity contribution in [2.75, 3.05) is 16.8 Å². The molecule has 8 heteroatoms. The van der Waals surface area contributed by atoms with Crippen molar-refractivity contribution in [2.24, 2.45) is 5.92 Å². The minimum Gasteiger partial charge on any atom is -0.324 e. The molecule has 1 aliphatic heterocycles. The third-order valence-corrected chi connectivity index (χ3v) is 4.64. The highest BCUT2D eigenvalue weighted by Gasteiger charge is 2.35. The van der Waals surface area contributed by atoms with Gasteiger partial charge in [0, 0.05) is 36.1 Å². The first-order valence-electron chi connectivity index (χ1n) is 8.41. The first-order chi connectivity index (χ1) is 13.1. The van der Waals surface area contributed by atoms with Crippen molar-refractivity contribution >= 4 is 34.8 Å². The van der Waals surface area contributed by atoms with Gasteiger partial charge in [-0.2, -0.15) is 0 Å². The molecule has 1 saturated heterocycles. The Morgan fingerprint density at radius 3 is 2.85 bits per heavy atom. The van der Waals surface area contributed by atoms with Crippen LogP contribution in [0.15, 0.2) is 61.3 Å². The van der Waals surface area contributed by atoms with E-state index in [-0.39, 0.29) is 18.2 Å². The summed E-state index contributed by atoms with van der Waals surface area (Å²) in [7, 11) is 0. The molecule has 27 heavy (non-hydrogen) atoms. The van der Waals surface area contributed by atoms with Gasteiger partial charge in [-0.3, -0.25) is 14.2 Å². The van der Waals surface area contributed by atoms with Gasteiger partial charge in [-0.1, -0.05) is 17.7 Å². The number of carbonyl (C=O) groups is 2. The van der Waals surface area contributed by atoms with Crippen LogP contribution < -0.4 is 10.2 Å². The molecule has 1 fully saturated rings. The second-order valence-corrected chi connectivity index (χ2v) is 6.69. The van der Waals surface area contributed by atoms with Crippen molar-refractivity contribution in [1.29, 1.82) is 0 Å². The van der Waals surface area contributed by atoms with Crippen LogP contribution in [-0.2, 0) is 9.59 Å². The van der Waals surface area contributed by atoms with Crippen molar-refractivity contribution in [1.82, 2.24) is 14.5 Å². The number of rotatable bonds is 4. The highest BCUT2D eigenvalue weighted by molar-refractivity contribution is 6.31. The highest BCUT2D eigenvalue weighted by atomic mass is 35.5. The van der Waals surface area contributed by atoms with Crippen LogP contribution in [0.2, 0.25) is 5.02 Å². The molecule has 0 aliphatic carbocycles. The first-order valence-corrected chi connectivity index (χ1v) is 8.79. The van der Waals surface area contributed by atoms with Gasteiger partial charge in [-0.15, -0.1) is 0 Å². The second-order valence-electron chi connectivity index (χ2n) is 6.25. The molecule has 1 N–H and O–H groups in total. The summed E-state index contributed by atoms with van der Waals surface area (Å²) in [5.41, 5.74) is 1.28. The summed E-state index contributed by atoms with van der Waals surface area (Å²) in [6.45, 7) is 0.325. The smallest absolute Gasteiger partial charge is 0.229 e. The Morgan fingerprint density at radius 2 is 2.15 bits per heavy atom. The summed E-state index contributed by atoms with van der Waals surface area (Å²) in [4.78, 5) is 34.7. The number of nitrogens with one attached hydrogen (secondary N) is 1. The Hall–Kier alpha value is -3.19. The van der Waals surface area contributed by atoms with Crippen molar-refractivity contribution in [3.8, 4) is 5.82 Å². The lowest BCUT2D eigenvalue weighted by atomic mass is 10.1. The van der Waals surface area contributed by atoms with Crippen LogP contribution in [0.25, 0.3) is 5.82 Å². The van der Waals surface area contributed by atoms with Gasteiger partial charge in [0.05, 0.1) is 17.8 Å². The molecular formula is C19H16ClN5O2. The number of hydrogen-bond acceptors (Lipinski definition) is 4. The largest absolute Gasteiger partial charge is 0.324 e. The summed E-state index contributed by atoms with van der Waals surface area (Å²) >= 11 is 6.00. The van der Waals surface area contributed by atoms with E-state index in [1.54, 1.807) is 64.7 Å². The van der Waals surface area contributed by atoms with E-state index in [4.69, 9.17) is 11.6 Å². The lowest BCUT2D eigenvalue weighted by Gasteiger charge is -2.17. The number of carbonyl (C=O) groups excluding carboxylic acids is 2. The normalized spacial score (nSPS) is 16.6. The number of amides is 2. The van der Waals surface area contributed by atoms with Crippen LogP contribution in [0.4, 0.5) is 11.4 Å². The fourth-order valence-corrected chi connectivity index (χ4v) is 3.21. The number of hydrogen-bond donors (Lipinski definition) is 1. The number of pyridine rings is 1. The molecule has 2 aromatic heterocycles. The van der Waals surface area contributed by atoms with E-state index in [9.17, 15) is 9.59 Å². The first kappa shape index (κ1) is 17.2. The van der Waals surface area contributed by atoms with Crippen LogP contribution in [-0.4, -0.2) is 32.9 Å². The minimum absolute atomic E-state index is 0.0917. The number of halogens is 1. The van der Waals surface area contributed by atoms with Gasteiger partial charge in [0.15, 0.2) is 0 Å². The van der Waals surface area contributed by atoms with E-state index in [1.165, 1.54) is 0 Å². The molecule has 4 rings (SSSR count). The molecule has 3 heterocycles. The topological polar surface area (TPSA) is 80.1 Å². The molecule has 1 atom stereocenters. The Bertz CT molecular complexity index is 972. The molecule has 7 nitrogen and oxygen atoms in total. The van der Waals surface area contributed by atoms with E-state index in [0.29, 0.717) is 28.8 Å². The number of nitrogens with zero attached hydrogens (tertiary/aromatic N) is 4. The lowest BCUT2D eigenvalue weighted by Crippen LogP contribution is -2.28. The van der Waals surface area contributed by atoms with Gasteiger partial charge in [-0.25, -0.2) is 9.97 Å². The third kappa shape index (κ3) is 3.68. The maximum Gasteiger partial charge on any atom is 0.229 e. The van der Waals surface area contributed by atoms with Crippen LogP contribution in [0.1, 0.15) is 6.42 Å². The summed E-state index contributed by atoms with van der Waals surface area (Å²) in [6, 6.07) is 10.6. The number of aromatic nitrogens is 3. The average molecular weight is 382 g/mol. The van der Waals surface area contributed by atoms with Crippen molar-refractivity contribution in [3.63, 3.8) is 0 Å². The van der Waals surface area contributed by atoms with E-state index in [1.807, 2.05) is 6.07 Å². The summed E-state index contributed by atoms with van der Waals surface area (Å²) < 4.78 is 1.77. The molecule has 136 valence electrons. The monoisotopic (exact) mass is 381 g/mol. The molecule has 1 unspecified atom stereocenters. The number of benzene rings is 1. The van der Waals surface area contributed by atoms with E-state index in [2.05, 4.69) is 15.3 Å². The summed E-state index contributed by atoms with van der Waals surface area (Å²) in [5.74, 6) is -0.0189. The second kappa shape index (κ2) is 7.20. The SMILES string of the molecule is O=C(Nc1ccc(-n2ccnc2)nc1)C1CC(=O)N(c2cccc(Cl)c2)C1. The molecule has 1 aliphatic rings. The van der Waals surface area contributed by atoms with Gasteiger partial charge < -0.3 is 10.2 Å². The van der Waals surface area contributed by atoms with Crippen LogP contribution in [0.3, 0.4) is 0 Å².